The van der Waals surface area contributed by atoms with Crippen LogP contribution in [0.4, 0.5) is 5.82 Å². The van der Waals surface area contributed by atoms with E-state index in [1.54, 1.807) is 6.07 Å². The molecular formula is C18H21ClN4O. The predicted octanol–water partition coefficient (Wildman–Crippen LogP) is 3.09. The minimum atomic E-state index is -0.162. The Hall–Kier alpha value is -2.14. The largest absolute Gasteiger partial charge is 0.357 e. The molecule has 0 spiro atoms. The molecule has 0 saturated carbocycles. The maximum atomic E-state index is 12.3. The van der Waals surface area contributed by atoms with Gasteiger partial charge in [0.15, 0.2) is 0 Å². The first-order valence-electron chi connectivity index (χ1n) is 8.32. The third-order valence-corrected chi connectivity index (χ3v) is 4.43. The van der Waals surface area contributed by atoms with Gasteiger partial charge >= 0.3 is 0 Å². The number of piperidine rings is 1. The van der Waals surface area contributed by atoms with Crippen LogP contribution in [0.15, 0.2) is 36.7 Å². The zero-order chi connectivity index (χ0) is 16.8. The molecule has 6 heteroatoms. The first kappa shape index (κ1) is 16.7. The van der Waals surface area contributed by atoms with E-state index in [0.717, 1.165) is 30.9 Å². The average molecular weight is 345 g/mol. The van der Waals surface area contributed by atoms with Crippen molar-refractivity contribution in [2.24, 2.45) is 0 Å². The van der Waals surface area contributed by atoms with Gasteiger partial charge in [-0.3, -0.25) is 4.79 Å². The highest BCUT2D eigenvalue weighted by Crippen LogP contribution is 2.17. The lowest BCUT2D eigenvalue weighted by Crippen LogP contribution is -2.31. The van der Waals surface area contributed by atoms with Crippen LogP contribution in [0, 0.1) is 0 Å². The molecule has 5 nitrogen and oxygen atoms in total. The molecule has 126 valence electrons. The molecule has 0 bridgehead atoms. The Kier molecular flexibility index (Phi) is 5.64. The van der Waals surface area contributed by atoms with Gasteiger partial charge in [-0.1, -0.05) is 23.7 Å². The zero-order valence-electron chi connectivity index (χ0n) is 13.5. The maximum absolute atomic E-state index is 12.3. The van der Waals surface area contributed by atoms with E-state index in [1.165, 1.54) is 25.6 Å². The Balaban J connectivity index is 1.55. The molecular weight excluding hydrogens is 324 g/mol. The second-order valence-corrected chi connectivity index (χ2v) is 6.38. The number of carbonyl (C=O) groups excluding carboxylic acids is 1. The highest BCUT2D eigenvalue weighted by atomic mass is 35.5. The topological polar surface area (TPSA) is 58.1 Å². The molecule has 1 amide bonds. The average Bonchev–Trinajstić information content (AvgIpc) is 2.64. The Morgan fingerprint density at radius 2 is 1.88 bits per heavy atom. The zero-order valence-corrected chi connectivity index (χ0v) is 14.3. The van der Waals surface area contributed by atoms with Crippen LogP contribution in [0.2, 0.25) is 5.02 Å². The van der Waals surface area contributed by atoms with Crippen molar-refractivity contribution in [2.75, 3.05) is 24.5 Å². The van der Waals surface area contributed by atoms with Crippen LogP contribution in [0.25, 0.3) is 0 Å². The summed E-state index contributed by atoms with van der Waals surface area (Å²) in [5, 5.41) is 3.63. The van der Waals surface area contributed by atoms with Crippen molar-refractivity contribution in [1.29, 1.82) is 0 Å². The smallest absolute Gasteiger partial charge is 0.270 e. The van der Waals surface area contributed by atoms with Gasteiger partial charge in [0.1, 0.15) is 17.8 Å². The number of benzene rings is 1. The Labute approximate surface area is 147 Å². The fourth-order valence-electron chi connectivity index (χ4n) is 2.83. The molecule has 1 aliphatic rings. The number of rotatable bonds is 5. The number of hydrogen-bond donors (Lipinski definition) is 1. The lowest BCUT2D eigenvalue weighted by Gasteiger charge is -2.27. The summed E-state index contributed by atoms with van der Waals surface area (Å²) in [5.41, 5.74) is 1.55. The Bertz CT molecular complexity index is 684. The van der Waals surface area contributed by atoms with Gasteiger partial charge in [-0.15, -0.1) is 0 Å². The summed E-state index contributed by atoms with van der Waals surface area (Å²) in [6, 6.07) is 9.42. The normalized spacial score (nSPS) is 14.5. The molecule has 2 heterocycles. The SMILES string of the molecule is O=C(NCCc1ccc(Cl)cc1)c1cc(N2CCCCC2)ncn1. The number of anilines is 1. The number of carbonyl (C=O) groups is 1. The van der Waals surface area contributed by atoms with Crippen molar-refractivity contribution >= 4 is 23.3 Å². The fourth-order valence-corrected chi connectivity index (χ4v) is 2.96. The van der Waals surface area contributed by atoms with E-state index in [0.29, 0.717) is 17.3 Å². The number of hydrogen-bond acceptors (Lipinski definition) is 4. The van der Waals surface area contributed by atoms with Gasteiger partial charge in [-0.2, -0.15) is 0 Å². The molecule has 0 radical (unpaired) electrons. The van der Waals surface area contributed by atoms with E-state index < -0.39 is 0 Å². The highest BCUT2D eigenvalue weighted by Gasteiger charge is 2.15. The van der Waals surface area contributed by atoms with Crippen LogP contribution in [-0.2, 0) is 6.42 Å². The Morgan fingerprint density at radius 3 is 2.62 bits per heavy atom. The van der Waals surface area contributed by atoms with Crippen molar-refractivity contribution < 1.29 is 4.79 Å². The van der Waals surface area contributed by atoms with Gasteiger partial charge in [-0.25, -0.2) is 9.97 Å². The molecule has 1 saturated heterocycles. The van der Waals surface area contributed by atoms with Gasteiger partial charge in [-0.05, 0) is 43.4 Å². The van der Waals surface area contributed by atoms with Crippen LogP contribution in [0.1, 0.15) is 35.3 Å². The van der Waals surface area contributed by atoms with Crippen LogP contribution >= 0.6 is 11.6 Å². The van der Waals surface area contributed by atoms with Gasteiger partial charge in [0.2, 0.25) is 0 Å². The van der Waals surface area contributed by atoms with E-state index in [9.17, 15) is 4.79 Å². The predicted molar refractivity (Wildman–Crippen MR) is 95.6 cm³/mol. The van der Waals surface area contributed by atoms with Gasteiger partial charge in [0.25, 0.3) is 5.91 Å². The maximum Gasteiger partial charge on any atom is 0.270 e. The summed E-state index contributed by atoms with van der Waals surface area (Å²) >= 11 is 5.87. The lowest BCUT2D eigenvalue weighted by molar-refractivity contribution is 0.0949. The van der Waals surface area contributed by atoms with E-state index in [4.69, 9.17) is 11.6 Å². The van der Waals surface area contributed by atoms with Crippen molar-refractivity contribution in [3.63, 3.8) is 0 Å². The van der Waals surface area contributed by atoms with Crippen LogP contribution < -0.4 is 10.2 Å². The summed E-state index contributed by atoms with van der Waals surface area (Å²) in [4.78, 5) is 22.9. The summed E-state index contributed by atoms with van der Waals surface area (Å²) < 4.78 is 0. The summed E-state index contributed by atoms with van der Waals surface area (Å²) in [7, 11) is 0. The first-order valence-corrected chi connectivity index (χ1v) is 8.70. The first-order chi connectivity index (χ1) is 11.7. The monoisotopic (exact) mass is 344 g/mol. The molecule has 3 rings (SSSR count). The third kappa shape index (κ3) is 4.45. The summed E-state index contributed by atoms with van der Waals surface area (Å²) in [6.07, 6.45) is 5.84. The molecule has 1 fully saturated rings. The van der Waals surface area contributed by atoms with E-state index in [-0.39, 0.29) is 5.91 Å². The molecule has 2 aromatic rings. The van der Waals surface area contributed by atoms with Crippen LogP contribution in [-0.4, -0.2) is 35.5 Å². The molecule has 0 atom stereocenters. The molecule has 1 aromatic carbocycles. The van der Waals surface area contributed by atoms with Crippen LogP contribution in [0.3, 0.4) is 0 Å². The van der Waals surface area contributed by atoms with Gasteiger partial charge in [0, 0.05) is 30.7 Å². The number of nitrogens with one attached hydrogen (secondary N) is 1. The van der Waals surface area contributed by atoms with Gasteiger partial charge in [0.05, 0.1) is 0 Å². The quantitative estimate of drug-likeness (QED) is 0.905. The second kappa shape index (κ2) is 8.11. The third-order valence-electron chi connectivity index (χ3n) is 4.18. The van der Waals surface area contributed by atoms with Crippen LogP contribution in [0.5, 0.6) is 0 Å². The number of nitrogens with zero attached hydrogens (tertiary/aromatic N) is 3. The molecule has 0 aliphatic carbocycles. The van der Waals surface area contributed by atoms with Crippen molar-refractivity contribution in [3.8, 4) is 0 Å². The van der Waals surface area contributed by atoms with Crippen molar-refractivity contribution in [2.45, 2.75) is 25.7 Å². The molecule has 0 unspecified atom stereocenters. The van der Waals surface area contributed by atoms with E-state index in [1.807, 2.05) is 24.3 Å². The molecule has 1 aliphatic heterocycles. The summed E-state index contributed by atoms with van der Waals surface area (Å²) in [6.45, 7) is 2.55. The van der Waals surface area contributed by atoms with E-state index >= 15 is 0 Å². The van der Waals surface area contributed by atoms with Gasteiger partial charge < -0.3 is 10.2 Å². The molecule has 1 aromatic heterocycles. The second-order valence-electron chi connectivity index (χ2n) is 5.94. The number of halogens is 1. The fraction of sp³-hybridized carbons (Fsp3) is 0.389. The lowest BCUT2D eigenvalue weighted by atomic mass is 10.1. The Morgan fingerprint density at radius 1 is 1.12 bits per heavy atom. The van der Waals surface area contributed by atoms with Crippen molar-refractivity contribution in [1.82, 2.24) is 15.3 Å². The van der Waals surface area contributed by atoms with Crippen molar-refractivity contribution in [3.05, 3.63) is 52.9 Å². The molecule has 1 N–H and O–H groups in total. The van der Waals surface area contributed by atoms with E-state index in [2.05, 4.69) is 20.2 Å². The minimum absolute atomic E-state index is 0.162. The molecule has 24 heavy (non-hydrogen) atoms. The summed E-state index contributed by atoms with van der Waals surface area (Å²) in [5.74, 6) is 0.678. The standard InChI is InChI=1S/C18H21ClN4O/c19-15-6-4-14(5-7-15)8-9-20-18(24)16-12-17(22-13-21-16)23-10-2-1-3-11-23/h4-7,12-13H,1-3,8-11H2,(H,20,24). The highest BCUT2D eigenvalue weighted by molar-refractivity contribution is 6.30. The minimum Gasteiger partial charge on any atom is -0.357 e. The number of aromatic nitrogens is 2. The number of amides is 1.